The zero-order valence-corrected chi connectivity index (χ0v) is 23.4. The molecule has 0 unspecified atom stereocenters. The second kappa shape index (κ2) is 26.8. The molecule has 0 bridgehead atoms. The Kier molecular flexibility index (Phi) is 31.7. The topological polar surface area (TPSA) is 6.48 Å². The molecule has 0 amide bonds. The van der Waals surface area contributed by atoms with Crippen LogP contribution in [-0.2, 0) is 42.3 Å². The summed E-state index contributed by atoms with van der Waals surface area (Å²) >= 11 is 20.2. The second-order valence-electron chi connectivity index (χ2n) is 7.33. The van der Waals surface area contributed by atoms with E-state index >= 15 is 0 Å². The minimum Gasteiger partial charge on any atom is -0.411 e. The van der Waals surface area contributed by atoms with Crippen LogP contribution in [0.1, 0.15) is 105 Å². The summed E-state index contributed by atoms with van der Waals surface area (Å²) in [7, 11) is 0. The van der Waals surface area contributed by atoms with Crippen molar-refractivity contribution in [3.63, 3.8) is 0 Å². The fraction of sp³-hybridized carbons (Fsp3) is 0.909. The van der Waals surface area contributed by atoms with E-state index in [1.54, 1.807) is 0 Å². The second-order valence-corrected chi connectivity index (χ2v) is 9.40. The van der Waals surface area contributed by atoms with Crippen LogP contribution < -0.4 is 0 Å². The fourth-order valence-corrected chi connectivity index (χ4v) is 3.48. The predicted molar refractivity (Wildman–Crippen MR) is 141 cm³/mol. The SMILES string of the molecule is CCCCCCN(CCCC)C(=S)[S-].CCCCCCN(CCCC)C(=S)[S-].[Cu+2]. The third-order valence-electron chi connectivity index (χ3n) is 4.64. The first kappa shape index (κ1) is 34.4. The largest absolute Gasteiger partial charge is 2.00 e. The van der Waals surface area contributed by atoms with Gasteiger partial charge in [-0.05, 0) is 25.7 Å². The normalized spacial score (nSPS) is 9.79. The monoisotopic (exact) mass is 527 g/mol. The molecule has 0 rings (SSSR count). The van der Waals surface area contributed by atoms with Gasteiger partial charge < -0.3 is 59.5 Å². The van der Waals surface area contributed by atoms with Gasteiger partial charge in [0.2, 0.25) is 0 Å². The summed E-state index contributed by atoms with van der Waals surface area (Å²) in [5.41, 5.74) is 0. The van der Waals surface area contributed by atoms with Crippen molar-refractivity contribution in [2.75, 3.05) is 26.2 Å². The number of rotatable bonds is 16. The summed E-state index contributed by atoms with van der Waals surface area (Å²) in [4.78, 5) is 4.34. The van der Waals surface area contributed by atoms with E-state index in [1.165, 1.54) is 77.0 Å². The number of nitrogens with zero attached hydrogens (tertiary/aromatic N) is 2. The van der Waals surface area contributed by atoms with Crippen LogP contribution in [0.2, 0.25) is 0 Å². The molecule has 0 saturated heterocycles. The van der Waals surface area contributed by atoms with Crippen LogP contribution in [0.3, 0.4) is 0 Å². The van der Waals surface area contributed by atoms with Crippen molar-refractivity contribution in [1.82, 2.24) is 9.80 Å². The number of hydrogen-bond donors (Lipinski definition) is 0. The van der Waals surface area contributed by atoms with Crippen LogP contribution in [0, 0.1) is 0 Å². The van der Waals surface area contributed by atoms with Crippen LogP contribution in [0.4, 0.5) is 0 Å². The van der Waals surface area contributed by atoms with Crippen LogP contribution in [0.15, 0.2) is 0 Å². The molecule has 177 valence electrons. The van der Waals surface area contributed by atoms with Gasteiger partial charge in [0.05, 0.1) is 0 Å². The quantitative estimate of drug-likeness (QED) is 0.0915. The summed E-state index contributed by atoms with van der Waals surface area (Å²) in [5.74, 6) is 0. The molecule has 0 fully saturated rings. The molecular formula is C22H44CuN2S4. The molecule has 0 atom stereocenters. The van der Waals surface area contributed by atoms with Gasteiger partial charge in [0, 0.05) is 26.2 Å². The Bertz CT molecular complexity index is 337. The van der Waals surface area contributed by atoms with Gasteiger partial charge in [-0.1, -0.05) is 87.7 Å². The molecule has 29 heavy (non-hydrogen) atoms. The van der Waals surface area contributed by atoms with Gasteiger partial charge in [-0.2, -0.15) is 0 Å². The molecular weight excluding hydrogens is 484 g/mol. The van der Waals surface area contributed by atoms with Crippen molar-refractivity contribution in [3.8, 4) is 0 Å². The molecule has 2 nitrogen and oxygen atoms in total. The molecule has 0 aliphatic rings. The third-order valence-corrected chi connectivity index (χ3v) is 5.68. The minimum absolute atomic E-state index is 0. The summed E-state index contributed by atoms with van der Waals surface area (Å²) in [6.45, 7) is 13.1. The average molecular weight is 528 g/mol. The van der Waals surface area contributed by atoms with Crippen LogP contribution in [0.25, 0.3) is 0 Å². The van der Waals surface area contributed by atoms with E-state index in [0.29, 0.717) is 8.64 Å². The van der Waals surface area contributed by atoms with E-state index in [1.807, 2.05) is 0 Å². The number of unbranched alkanes of at least 4 members (excludes halogenated alkanes) is 8. The minimum atomic E-state index is 0. The molecule has 0 N–H and O–H groups in total. The fourth-order valence-electron chi connectivity index (χ4n) is 2.75. The third kappa shape index (κ3) is 24.9. The first-order chi connectivity index (χ1) is 13.4. The van der Waals surface area contributed by atoms with Crippen molar-refractivity contribution >= 4 is 58.3 Å². The summed E-state index contributed by atoms with van der Waals surface area (Å²) in [6.07, 6.45) is 15.1. The van der Waals surface area contributed by atoms with E-state index < -0.39 is 0 Å². The molecule has 0 heterocycles. The molecule has 0 aromatic carbocycles. The standard InChI is InChI=1S/2C11H23NS2.Cu/c2*1-3-5-7-8-10-12(11(13)14)9-6-4-2;/h2*3-10H2,1-2H3,(H,13,14);/q;;+2/p-2. The van der Waals surface area contributed by atoms with E-state index in [9.17, 15) is 0 Å². The van der Waals surface area contributed by atoms with Crippen molar-refractivity contribution in [2.24, 2.45) is 0 Å². The smallest absolute Gasteiger partial charge is 0.411 e. The van der Waals surface area contributed by atoms with E-state index in [-0.39, 0.29) is 17.1 Å². The molecule has 0 aromatic rings. The van der Waals surface area contributed by atoms with Crippen molar-refractivity contribution in [2.45, 2.75) is 105 Å². The first-order valence-electron chi connectivity index (χ1n) is 11.4. The van der Waals surface area contributed by atoms with Gasteiger partial charge in [0.25, 0.3) is 0 Å². The van der Waals surface area contributed by atoms with Gasteiger partial charge in [-0.3, -0.25) is 0 Å². The number of thiocarbonyl (C=S) groups is 2. The zero-order valence-electron chi connectivity index (χ0n) is 19.1. The molecule has 0 spiro atoms. The van der Waals surface area contributed by atoms with Crippen molar-refractivity contribution in [1.29, 1.82) is 0 Å². The maximum absolute atomic E-state index is 5.05. The Morgan fingerprint density at radius 3 is 1.03 bits per heavy atom. The van der Waals surface area contributed by atoms with Crippen molar-refractivity contribution < 1.29 is 17.1 Å². The maximum atomic E-state index is 5.05. The van der Waals surface area contributed by atoms with Crippen LogP contribution in [0.5, 0.6) is 0 Å². The Morgan fingerprint density at radius 1 is 0.517 bits per heavy atom. The first-order valence-corrected chi connectivity index (χ1v) is 13.0. The van der Waals surface area contributed by atoms with Crippen LogP contribution in [-0.4, -0.2) is 44.6 Å². The van der Waals surface area contributed by atoms with Gasteiger partial charge in [0.1, 0.15) is 0 Å². The molecule has 1 radical (unpaired) electrons. The Balaban J connectivity index is -0.000000451. The van der Waals surface area contributed by atoms with Gasteiger partial charge in [0.15, 0.2) is 0 Å². The van der Waals surface area contributed by atoms with Gasteiger partial charge >= 0.3 is 17.1 Å². The van der Waals surface area contributed by atoms with Gasteiger partial charge in [-0.25, -0.2) is 0 Å². The van der Waals surface area contributed by atoms with Crippen LogP contribution >= 0.6 is 24.4 Å². The molecule has 0 saturated carbocycles. The molecule has 0 aliphatic heterocycles. The van der Waals surface area contributed by atoms with Crippen molar-refractivity contribution in [3.05, 3.63) is 0 Å². The van der Waals surface area contributed by atoms with E-state index in [2.05, 4.69) is 37.5 Å². The molecule has 0 aromatic heterocycles. The zero-order chi connectivity index (χ0) is 21.6. The molecule has 0 aliphatic carbocycles. The van der Waals surface area contributed by atoms with E-state index in [0.717, 1.165) is 26.2 Å². The van der Waals surface area contributed by atoms with Gasteiger partial charge in [-0.15, -0.1) is 0 Å². The Labute approximate surface area is 215 Å². The Morgan fingerprint density at radius 2 is 0.793 bits per heavy atom. The summed E-state index contributed by atoms with van der Waals surface area (Å²) in [5, 5.41) is 0. The number of hydrogen-bond acceptors (Lipinski definition) is 4. The Hall–Kier alpha value is 0.739. The molecule has 7 heteroatoms. The average Bonchev–Trinajstić information content (AvgIpc) is 2.67. The summed E-state index contributed by atoms with van der Waals surface area (Å²) in [6, 6.07) is 0. The van der Waals surface area contributed by atoms with E-state index in [4.69, 9.17) is 49.7 Å². The maximum Gasteiger partial charge on any atom is 2.00 e. The predicted octanol–water partition coefficient (Wildman–Crippen LogP) is 7.00. The summed E-state index contributed by atoms with van der Waals surface area (Å²) < 4.78 is 1.30.